The number of aryl methyl sites for hydroxylation is 2. The number of rotatable bonds is 10. The van der Waals surface area contributed by atoms with Gasteiger partial charge in [0.05, 0.1) is 0 Å². The Morgan fingerprint density at radius 2 is 1.22 bits per heavy atom. The molecule has 0 fully saturated rings. The molecule has 7 heteroatoms. The summed E-state index contributed by atoms with van der Waals surface area (Å²) in [5, 5.41) is 2.18. The third-order valence-corrected chi connectivity index (χ3v) is 13.1. The van der Waals surface area contributed by atoms with E-state index in [9.17, 15) is 0 Å². The van der Waals surface area contributed by atoms with Crippen molar-refractivity contribution in [1.82, 2.24) is 9.55 Å². The number of fused-ring (bicyclic) bond motifs is 4. The van der Waals surface area contributed by atoms with Crippen molar-refractivity contribution in [3.8, 4) is 50.7 Å². The van der Waals surface area contributed by atoms with Crippen molar-refractivity contribution in [1.29, 1.82) is 0 Å². The van der Waals surface area contributed by atoms with Gasteiger partial charge in [-0.15, -0.1) is 53.6 Å². The second kappa shape index (κ2) is 18.7. The van der Waals surface area contributed by atoms with Gasteiger partial charge in [-0.25, -0.2) is 9.37 Å². The second-order valence-corrected chi connectivity index (χ2v) is 18.3. The van der Waals surface area contributed by atoms with E-state index in [0.717, 1.165) is 89.3 Å². The van der Waals surface area contributed by atoms with Gasteiger partial charge in [0.1, 0.15) is 11.6 Å². The van der Waals surface area contributed by atoms with Gasteiger partial charge in [0.15, 0.2) is 0 Å². The summed E-state index contributed by atoms with van der Waals surface area (Å²) in [6.45, 7) is 15.4. The molecule has 0 amide bonds. The van der Waals surface area contributed by atoms with E-state index in [1.165, 1.54) is 17.2 Å². The molecule has 0 atom stereocenters. The van der Waals surface area contributed by atoms with Crippen LogP contribution in [0.5, 0.6) is 11.5 Å². The first-order valence-corrected chi connectivity index (χ1v) is 23.4. The van der Waals surface area contributed by atoms with Crippen LogP contribution in [0.4, 0.5) is 27.1 Å². The Labute approximate surface area is 418 Å². The van der Waals surface area contributed by atoms with Crippen LogP contribution in [0.15, 0.2) is 176 Å². The number of hydrogen-bond acceptors (Lipinski definition) is 4. The van der Waals surface area contributed by atoms with Crippen molar-refractivity contribution in [2.45, 2.75) is 53.4 Å². The molecule has 8 aromatic carbocycles. The number of pyridine rings is 1. The minimum atomic E-state index is -0.226. The summed E-state index contributed by atoms with van der Waals surface area (Å²) in [5.41, 5.74) is 16.5. The van der Waals surface area contributed by atoms with Gasteiger partial charge in [0.2, 0.25) is 0 Å². The summed E-state index contributed by atoms with van der Waals surface area (Å²) in [4.78, 5) is 9.28. The number of anilines is 4. The van der Waals surface area contributed by atoms with E-state index in [0.29, 0.717) is 17.1 Å². The smallest absolute Gasteiger partial charge is 0.135 e. The molecular formula is C62H50FN4OPt-3. The zero-order valence-corrected chi connectivity index (χ0v) is 41.6. The Hall–Kier alpha value is -7.27. The van der Waals surface area contributed by atoms with E-state index < -0.39 is 0 Å². The number of hydrogen-bond donors (Lipinski definition) is 0. The number of para-hydroxylation sites is 3. The molecule has 0 saturated heterocycles. The maximum Gasteiger partial charge on any atom is 0.135 e. The molecule has 3 heterocycles. The molecule has 0 spiro atoms. The van der Waals surface area contributed by atoms with Crippen LogP contribution in [0.3, 0.4) is 0 Å². The molecule has 0 radical (unpaired) electrons. The Balaban J connectivity index is 0.00000553. The van der Waals surface area contributed by atoms with Gasteiger partial charge >= 0.3 is 0 Å². The van der Waals surface area contributed by atoms with E-state index >= 15 is 4.39 Å². The molecule has 5 nitrogen and oxygen atoms in total. The van der Waals surface area contributed by atoms with Crippen molar-refractivity contribution in [3.05, 3.63) is 223 Å². The first-order valence-electron chi connectivity index (χ1n) is 23.4. The number of benzene rings is 8. The summed E-state index contributed by atoms with van der Waals surface area (Å²) in [6, 6.07) is 65.2. The maximum atomic E-state index is 15.4. The van der Waals surface area contributed by atoms with E-state index in [2.05, 4.69) is 196 Å². The summed E-state index contributed by atoms with van der Waals surface area (Å²) in [5.74, 6) is 2.00. The van der Waals surface area contributed by atoms with E-state index in [1.54, 1.807) is 6.07 Å². The van der Waals surface area contributed by atoms with Crippen LogP contribution in [0, 0.1) is 38.5 Å². The fraction of sp³-hybridized carbons (Fsp3) is 0.129. The summed E-state index contributed by atoms with van der Waals surface area (Å²) >= 11 is 0. The van der Waals surface area contributed by atoms with Crippen molar-refractivity contribution in [2.24, 2.45) is 0 Å². The fourth-order valence-electron chi connectivity index (χ4n) is 10.0. The van der Waals surface area contributed by atoms with Gasteiger partial charge in [0.25, 0.3) is 0 Å². The molecule has 0 unspecified atom stereocenters. The molecule has 10 aromatic rings. The van der Waals surface area contributed by atoms with E-state index in [4.69, 9.17) is 9.72 Å². The average Bonchev–Trinajstić information content (AvgIpc) is 3.90. The van der Waals surface area contributed by atoms with Crippen molar-refractivity contribution in [3.63, 3.8) is 0 Å². The van der Waals surface area contributed by atoms with Gasteiger partial charge < -0.3 is 19.1 Å². The van der Waals surface area contributed by atoms with Crippen LogP contribution >= 0.6 is 0 Å². The topological polar surface area (TPSA) is 33.5 Å². The number of nitrogens with zero attached hydrogens (tertiary/aromatic N) is 4. The predicted octanol–water partition coefficient (Wildman–Crippen LogP) is 17.0. The molecule has 0 aliphatic carbocycles. The quantitative estimate of drug-likeness (QED) is 0.128. The van der Waals surface area contributed by atoms with Crippen LogP contribution in [-0.4, -0.2) is 9.55 Å². The predicted molar refractivity (Wildman–Crippen MR) is 278 cm³/mol. The SMILES string of the molecule is Cc1cc(-c2ccccc2)cc(C)c1-c1cc(Oc2[c-]c3c(cc2)c2ccccc2n3-c2ccccn2)[c-]c(N2[CH-]N(c3c(C(C)C)cc(-c4ccccc4F)cc3C(C)C)c3ccccc32)c1.[Pt]. The summed E-state index contributed by atoms with van der Waals surface area (Å²) in [6.07, 6.45) is 1.82. The van der Waals surface area contributed by atoms with Gasteiger partial charge in [-0.1, -0.05) is 130 Å². The molecule has 2 aromatic heterocycles. The third-order valence-electron chi connectivity index (χ3n) is 13.1. The normalized spacial score (nSPS) is 12.3. The van der Waals surface area contributed by atoms with Gasteiger partial charge in [-0.05, 0) is 124 Å². The molecule has 0 N–H and O–H groups in total. The molecular weight excluding hydrogens is 1030 g/mol. The number of ether oxygens (including phenoxy) is 1. The second-order valence-electron chi connectivity index (χ2n) is 18.3. The Bertz CT molecular complexity index is 3480. The maximum absolute atomic E-state index is 15.4. The van der Waals surface area contributed by atoms with Gasteiger partial charge in [-0.3, -0.25) is 0 Å². The molecule has 344 valence electrons. The largest absolute Gasteiger partial charge is 0.509 e. The zero-order chi connectivity index (χ0) is 46.6. The van der Waals surface area contributed by atoms with E-state index in [-0.39, 0.29) is 38.7 Å². The Kier molecular flexibility index (Phi) is 12.3. The zero-order valence-electron chi connectivity index (χ0n) is 39.4. The first kappa shape index (κ1) is 45.5. The third kappa shape index (κ3) is 8.31. The molecule has 1 aliphatic heterocycles. The Morgan fingerprint density at radius 3 is 1.91 bits per heavy atom. The molecule has 0 bridgehead atoms. The van der Waals surface area contributed by atoms with Crippen molar-refractivity contribution >= 4 is 44.6 Å². The molecule has 0 saturated carbocycles. The van der Waals surface area contributed by atoms with Crippen LogP contribution in [0.25, 0.3) is 61.0 Å². The molecule has 1 aliphatic rings. The first-order chi connectivity index (χ1) is 33.1. The van der Waals surface area contributed by atoms with Crippen molar-refractivity contribution < 1.29 is 30.2 Å². The Morgan fingerprint density at radius 1 is 0.565 bits per heavy atom. The van der Waals surface area contributed by atoms with Crippen molar-refractivity contribution in [2.75, 3.05) is 9.80 Å². The minimum Gasteiger partial charge on any atom is -0.509 e. The number of aromatic nitrogens is 2. The van der Waals surface area contributed by atoms with Gasteiger partial charge in [-0.2, -0.15) is 6.07 Å². The monoisotopic (exact) mass is 1080 g/mol. The van der Waals surface area contributed by atoms with E-state index in [1.807, 2.05) is 42.6 Å². The van der Waals surface area contributed by atoms with Crippen LogP contribution in [0.1, 0.15) is 61.8 Å². The van der Waals surface area contributed by atoms with Crippen LogP contribution < -0.4 is 14.5 Å². The summed E-state index contributed by atoms with van der Waals surface area (Å²) in [7, 11) is 0. The minimum absolute atomic E-state index is 0. The molecule has 69 heavy (non-hydrogen) atoms. The summed E-state index contributed by atoms with van der Waals surface area (Å²) < 4.78 is 24.5. The van der Waals surface area contributed by atoms with Crippen LogP contribution in [0.2, 0.25) is 0 Å². The average molecular weight is 1080 g/mol. The van der Waals surface area contributed by atoms with Crippen LogP contribution in [-0.2, 0) is 21.1 Å². The number of halogens is 1. The van der Waals surface area contributed by atoms with Gasteiger partial charge in [0, 0.05) is 66.9 Å². The fourth-order valence-corrected chi connectivity index (χ4v) is 10.0. The molecule has 11 rings (SSSR count). The standard InChI is InChI=1S/C62H50FN4O.Pt/c1-39(2)53-34-45(50-20-10-12-22-55(50)63)35-54(40(3)4)62(53)66-38-65(57-24-14-15-25-58(57)66)47-32-46(61-41(5)30-44(31-42(61)6)43-18-8-7-9-19-43)33-49(36-47)68-48-27-28-52-51-21-11-13-23-56(51)67(59(52)37-48)60-26-16-17-29-64-60;/h7-35,38-40H,1-6H3;/q-3;.